The lowest BCUT2D eigenvalue weighted by molar-refractivity contribution is 0.0572. The molecule has 0 spiro atoms. The number of ether oxygens (including phenoxy) is 1. The number of hydrogen-bond acceptors (Lipinski definition) is 5. The van der Waals surface area contributed by atoms with E-state index in [4.69, 9.17) is 9.72 Å². The van der Waals surface area contributed by atoms with Crippen LogP contribution in [0.15, 0.2) is 36.4 Å². The summed E-state index contributed by atoms with van der Waals surface area (Å²) < 4.78 is 6.78. The van der Waals surface area contributed by atoms with Gasteiger partial charge >= 0.3 is 6.09 Å². The predicted octanol–water partition coefficient (Wildman–Crippen LogP) is 2.86. The Bertz CT molecular complexity index is 1090. The first kappa shape index (κ1) is 19.9. The maximum Gasteiger partial charge on any atom is 0.409 e. The van der Waals surface area contributed by atoms with Crippen LogP contribution >= 0.6 is 0 Å². The van der Waals surface area contributed by atoms with Gasteiger partial charge in [0.05, 0.1) is 28.9 Å². The number of nitrogens with zero attached hydrogens (tertiary/aromatic N) is 5. The molecule has 0 N–H and O–H groups in total. The van der Waals surface area contributed by atoms with Crippen molar-refractivity contribution >= 4 is 23.0 Å². The second kappa shape index (κ2) is 8.14. The fourth-order valence-electron chi connectivity index (χ4n) is 3.85. The zero-order chi connectivity index (χ0) is 21.3. The first-order valence-electron chi connectivity index (χ1n) is 10.1. The fraction of sp³-hybridized carbons (Fsp3) is 0.364. The van der Waals surface area contributed by atoms with Crippen molar-refractivity contribution < 1.29 is 14.3 Å². The van der Waals surface area contributed by atoms with Crippen molar-refractivity contribution in [3.8, 4) is 11.3 Å². The maximum absolute atomic E-state index is 13.5. The molecule has 1 saturated heterocycles. The number of pyridine rings is 1. The van der Waals surface area contributed by atoms with Gasteiger partial charge in [-0.15, -0.1) is 0 Å². The third-order valence-electron chi connectivity index (χ3n) is 5.36. The summed E-state index contributed by atoms with van der Waals surface area (Å²) in [7, 11) is 1.84. The number of aryl methyl sites for hydroxylation is 2. The zero-order valence-electron chi connectivity index (χ0n) is 17.5. The van der Waals surface area contributed by atoms with Gasteiger partial charge in [-0.05, 0) is 19.9 Å². The number of rotatable bonds is 3. The average molecular weight is 407 g/mol. The Morgan fingerprint density at radius 3 is 2.40 bits per heavy atom. The molecule has 3 aromatic rings. The standard InChI is InChI=1S/C22H25N5O3/c1-4-30-22(29)27-12-10-26(11-13-27)21(28)17-14-18(16-8-6-5-7-9-16)23-20-19(17)15(2)24-25(20)3/h5-9,14H,4,10-13H2,1-3H3. The second-order valence-electron chi connectivity index (χ2n) is 7.31. The van der Waals surface area contributed by atoms with Gasteiger partial charge in [0.1, 0.15) is 0 Å². The van der Waals surface area contributed by atoms with Crippen molar-refractivity contribution in [2.75, 3.05) is 32.8 Å². The average Bonchev–Trinajstić information content (AvgIpc) is 3.07. The minimum Gasteiger partial charge on any atom is -0.450 e. The molecular formula is C22H25N5O3. The summed E-state index contributed by atoms with van der Waals surface area (Å²) in [6, 6.07) is 11.7. The van der Waals surface area contributed by atoms with Gasteiger partial charge < -0.3 is 14.5 Å². The molecule has 0 bridgehead atoms. The number of piperazine rings is 1. The number of amides is 2. The largest absolute Gasteiger partial charge is 0.450 e. The third kappa shape index (κ3) is 3.60. The van der Waals surface area contributed by atoms with E-state index < -0.39 is 0 Å². The molecule has 3 heterocycles. The SMILES string of the molecule is CCOC(=O)N1CCN(C(=O)c2cc(-c3ccccc3)nc3c2c(C)nn3C)CC1. The normalized spacial score (nSPS) is 14.2. The smallest absolute Gasteiger partial charge is 0.409 e. The number of hydrogen-bond donors (Lipinski definition) is 0. The highest BCUT2D eigenvalue weighted by Crippen LogP contribution is 2.28. The summed E-state index contributed by atoms with van der Waals surface area (Å²) in [5.74, 6) is -0.0702. The minimum absolute atomic E-state index is 0.0702. The molecule has 1 aromatic carbocycles. The van der Waals surface area contributed by atoms with Crippen molar-refractivity contribution in [1.29, 1.82) is 0 Å². The quantitative estimate of drug-likeness (QED) is 0.667. The van der Waals surface area contributed by atoms with E-state index in [9.17, 15) is 9.59 Å². The van der Waals surface area contributed by atoms with E-state index in [-0.39, 0.29) is 12.0 Å². The van der Waals surface area contributed by atoms with E-state index >= 15 is 0 Å². The Balaban J connectivity index is 1.68. The molecule has 0 radical (unpaired) electrons. The highest BCUT2D eigenvalue weighted by atomic mass is 16.6. The Morgan fingerprint density at radius 1 is 1.07 bits per heavy atom. The highest BCUT2D eigenvalue weighted by molar-refractivity contribution is 6.07. The molecule has 4 rings (SSSR count). The lowest BCUT2D eigenvalue weighted by Crippen LogP contribution is -2.50. The van der Waals surface area contributed by atoms with E-state index in [2.05, 4.69) is 5.10 Å². The first-order valence-corrected chi connectivity index (χ1v) is 10.1. The van der Waals surface area contributed by atoms with Gasteiger partial charge in [-0.2, -0.15) is 5.10 Å². The Kier molecular flexibility index (Phi) is 5.39. The molecule has 156 valence electrons. The summed E-state index contributed by atoms with van der Waals surface area (Å²) in [5, 5.41) is 5.26. The predicted molar refractivity (Wildman–Crippen MR) is 113 cm³/mol. The van der Waals surface area contributed by atoms with Gasteiger partial charge in [-0.25, -0.2) is 9.78 Å². The van der Waals surface area contributed by atoms with E-state index in [1.54, 1.807) is 21.4 Å². The van der Waals surface area contributed by atoms with Crippen LogP contribution in [0.25, 0.3) is 22.3 Å². The van der Waals surface area contributed by atoms with Crippen molar-refractivity contribution in [2.45, 2.75) is 13.8 Å². The van der Waals surface area contributed by atoms with Crippen LogP contribution in [0.2, 0.25) is 0 Å². The minimum atomic E-state index is -0.328. The summed E-state index contributed by atoms with van der Waals surface area (Å²) in [4.78, 5) is 33.6. The molecule has 2 amide bonds. The Hall–Kier alpha value is -3.42. The van der Waals surface area contributed by atoms with Crippen molar-refractivity contribution in [3.63, 3.8) is 0 Å². The molecule has 1 aliphatic rings. The number of fused-ring (bicyclic) bond motifs is 1. The first-order chi connectivity index (χ1) is 14.5. The lowest BCUT2D eigenvalue weighted by atomic mass is 10.0. The monoisotopic (exact) mass is 407 g/mol. The number of carbonyl (C=O) groups is 2. The van der Waals surface area contributed by atoms with Gasteiger partial charge in [0, 0.05) is 38.8 Å². The summed E-state index contributed by atoms with van der Waals surface area (Å²) >= 11 is 0. The molecule has 2 aromatic heterocycles. The van der Waals surface area contributed by atoms with Crippen LogP contribution in [0, 0.1) is 6.92 Å². The molecule has 1 fully saturated rings. The zero-order valence-corrected chi connectivity index (χ0v) is 17.5. The van der Waals surface area contributed by atoms with Crippen LogP contribution in [0.4, 0.5) is 4.79 Å². The highest BCUT2D eigenvalue weighted by Gasteiger charge is 2.28. The van der Waals surface area contributed by atoms with Crippen molar-refractivity contribution in [3.05, 3.63) is 47.7 Å². The summed E-state index contributed by atoms with van der Waals surface area (Å²) in [5.41, 5.74) is 3.73. The molecule has 0 unspecified atom stereocenters. The molecule has 0 atom stereocenters. The van der Waals surface area contributed by atoms with E-state index in [1.807, 2.05) is 50.4 Å². The number of benzene rings is 1. The fourth-order valence-corrected chi connectivity index (χ4v) is 3.85. The molecule has 8 nitrogen and oxygen atoms in total. The Labute approximate surface area is 175 Å². The maximum atomic E-state index is 13.5. The summed E-state index contributed by atoms with van der Waals surface area (Å²) in [6.07, 6.45) is -0.328. The van der Waals surface area contributed by atoms with Crippen LogP contribution in [0.5, 0.6) is 0 Å². The molecule has 30 heavy (non-hydrogen) atoms. The van der Waals surface area contributed by atoms with E-state index in [1.165, 1.54) is 0 Å². The van der Waals surface area contributed by atoms with Crippen molar-refractivity contribution in [1.82, 2.24) is 24.6 Å². The van der Waals surface area contributed by atoms with Gasteiger partial charge in [0.15, 0.2) is 5.65 Å². The van der Waals surface area contributed by atoms with E-state index in [0.717, 1.165) is 22.3 Å². The molecular weight excluding hydrogens is 382 g/mol. The number of aromatic nitrogens is 3. The van der Waals surface area contributed by atoms with Gasteiger partial charge in [-0.3, -0.25) is 9.48 Å². The molecule has 0 aliphatic carbocycles. The van der Waals surface area contributed by atoms with Crippen LogP contribution in [-0.4, -0.2) is 69.4 Å². The van der Waals surface area contributed by atoms with Gasteiger partial charge in [0.2, 0.25) is 0 Å². The number of carbonyl (C=O) groups excluding carboxylic acids is 2. The topological polar surface area (TPSA) is 80.6 Å². The van der Waals surface area contributed by atoms with Crippen LogP contribution in [-0.2, 0) is 11.8 Å². The second-order valence-corrected chi connectivity index (χ2v) is 7.31. The Morgan fingerprint density at radius 2 is 1.73 bits per heavy atom. The van der Waals surface area contributed by atoms with Crippen molar-refractivity contribution in [2.24, 2.45) is 7.05 Å². The molecule has 0 saturated carbocycles. The van der Waals surface area contributed by atoms with Crippen LogP contribution < -0.4 is 0 Å². The van der Waals surface area contributed by atoms with E-state index in [0.29, 0.717) is 44.0 Å². The van der Waals surface area contributed by atoms with Crippen LogP contribution in [0.1, 0.15) is 23.0 Å². The summed E-state index contributed by atoms with van der Waals surface area (Å²) in [6.45, 7) is 5.85. The van der Waals surface area contributed by atoms with Gasteiger partial charge in [-0.1, -0.05) is 30.3 Å². The third-order valence-corrected chi connectivity index (χ3v) is 5.36. The lowest BCUT2D eigenvalue weighted by Gasteiger charge is -2.34. The molecule has 1 aliphatic heterocycles. The molecule has 8 heteroatoms. The van der Waals surface area contributed by atoms with Gasteiger partial charge in [0.25, 0.3) is 5.91 Å². The van der Waals surface area contributed by atoms with Crippen LogP contribution in [0.3, 0.4) is 0 Å².